The molecule has 0 radical (unpaired) electrons. The smallest absolute Gasteiger partial charge is 0.263 e. The van der Waals surface area contributed by atoms with E-state index in [0.717, 1.165) is 115 Å². The molecule has 15 rings (SSSR count). The van der Waals surface area contributed by atoms with Crippen molar-refractivity contribution in [2.24, 2.45) is 0 Å². The minimum Gasteiger partial charge on any atom is -0.277 e. The van der Waals surface area contributed by atoms with E-state index in [2.05, 4.69) is 72.8 Å². The Morgan fingerprint density at radius 3 is 0.914 bits per heavy atom. The van der Waals surface area contributed by atoms with E-state index in [1.165, 1.54) is 0 Å². The number of rotatable bonds is 0. The molecule has 6 nitrogen and oxygen atoms in total. The fourth-order valence-electron chi connectivity index (χ4n) is 11.6. The van der Waals surface area contributed by atoms with E-state index < -0.39 is 0 Å². The van der Waals surface area contributed by atoms with Crippen molar-refractivity contribution in [2.45, 2.75) is 0 Å². The molecule has 3 aliphatic rings. The molecule has 7 heteroatoms. The molecular weight excluding hydrogens is 713 g/mol. The number of benzene rings is 9. The molecule has 12 aromatic rings. The van der Waals surface area contributed by atoms with Crippen molar-refractivity contribution >= 4 is 120 Å². The van der Waals surface area contributed by atoms with E-state index in [1.54, 1.807) is 0 Å². The van der Waals surface area contributed by atoms with Crippen molar-refractivity contribution in [1.82, 2.24) is 13.7 Å². The normalized spacial score (nSPS) is 13.3. The maximum Gasteiger partial charge on any atom is 0.263 e. The van der Waals surface area contributed by atoms with Crippen molar-refractivity contribution in [3.63, 3.8) is 0 Å². The van der Waals surface area contributed by atoms with Crippen LogP contribution in [0.4, 0.5) is 0 Å². The summed E-state index contributed by atoms with van der Waals surface area (Å²) in [5.74, 6) is 0. The highest BCUT2D eigenvalue weighted by atomic mass is 16.1. The molecule has 9 aromatic carbocycles. The Labute approximate surface area is 326 Å². The molecule has 0 bridgehead atoms. The first-order valence-electron chi connectivity index (χ1n) is 19.7. The summed E-state index contributed by atoms with van der Waals surface area (Å²) < 4.78 is 5.65. The largest absolute Gasteiger partial charge is 0.277 e. The summed E-state index contributed by atoms with van der Waals surface area (Å²) in [6, 6.07) is 49.2. The summed E-state index contributed by atoms with van der Waals surface area (Å²) in [5, 5.41) is 13.7. The Kier molecular flexibility index (Phi) is 4.88. The van der Waals surface area contributed by atoms with Gasteiger partial charge in [0.15, 0.2) is 0 Å². The van der Waals surface area contributed by atoms with Gasteiger partial charge in [-0.2, -0.15) is 0 Å². The zero-order valence-electron chi connectivity index (χ0n) is 30.5. The average molecular weight is 738 g/mol. The van der Waals surface area contributed by atoms with Crippen LogP contribution in [0, 0.1) is 0 Å². The van der Waals surface area contributed by atoms with Gasteiger partial charge in [-0.15, -0.1) is 0 Å². The fourth-order valence-corrected chi connectivity index (χ4v) is 11.6. The van der Waals surface area contributed by atoms with E-state index in [-0.39, 0.29) is 23.4 Å². The predicted molar refractivity (Wildman–Crippen MR) is 239 cm³/mol. The molecule has 0 saturated carbocycles. The quantitative estimate of drug-likeness (QED) is 0.117. The number of hydrogen-bond donors (Lipinski definition) is 0. The first-order valence-corrected chi connectivity index (χ1v) is 19.7. The fraction of sp³-hybridized carbons (Fsp3) is 0. The maximum atomic E-state index is 15.3. The molecule has 0 amide bonds. The van der Waals surface area contributed by atoms with Gasteiger partial charge in [0.25, 0.3) is 23.4 Å². The van der Waals surface area contributed by atoms with Crippen molar-refractivity contribution < 1.29 is 0 Å². The molecule has 0 aliphatic carbocycles. The summed E-state index contributed by atoms with van der Waals surface area (Å²) in [7, 11) is 0. The third-order valence-corrected chi connectivity index (χ3v) is 13.7. The SMILES string of the molecule is O=c1c2ccc3ccccc3c2c2ccc3c4c2n1-c1ccc2c5c(ccc6ccccc65)c(=O)n5c2c1B4c1c-5ccc2c4c(ccc5ccccc54)c(=O)n-3c12. The second-order valence-corrected chi connectivity index (χ2v) is 16.2. The number of hydrogen-bond acceptors (Lipinski definition) is 3. The summed E-state index contributed by atoms with van der Waals surface area (Å²) in [4.78, 5) is 46.0. The van der Waals surface area contributed by atoms with Crippen molar-refractivity contribution in [3.8, 4) is 17.1 Å². The first kappa shape index (κ1) is 29.5. The van der Waals surface area contributed by atoms with Crippen LogP contribution in [0.3, 0.4) is 0 Å². The molecular formula is C51H24BN3O3. The van der Waals surface area contributed by atoms with Gasteiger partial charge in [0.05, 0.1) is 16.6 Å². The lowest BCUT2D eigenvalue weighted by Gasteiger charge is -2.40. The number of fused-ring (bicyclic) bond motifs is 15. The second-order valence-electron chi connectivity index (χ2n) is 16.2. The number of nitrogens with zero attached hydrogens (tertiary/aromatic N) is 3. The van der Waals surface area contributed by atoms with Gasteiger partial charge < -0.3 is 0 Å². The van der Waals surface area contributed by atoms with Crippen LogP contribution in [-0.4, -0.2) is 20.4 Å². The van der Waals surface area contributed by atoms with Crippen LogP contribution in [0.25, 0.3) is 114 Å². The van der Waals surface area contributed by atoms with Crippen LogP contribution in [0.15, 0.2) is 160 Å². The highest BCUT2D eigenvalue weighted by molar-refractivity contribution is 7.02. The van der Waals surface area contributed by atoms with E-state index in [0.29, 0.717) is 16.2 Å². The highest BCUT2D eigenvalue weighted by Gasteiger charge is 2.46. The first-order chi connectivity index (χ1) is 28.6. The molecule has 58 heavy (non-hydrogen) atoms. The number of aromatic nitrogens is 3. The van der Waals surface area contributed by atoms with Gasteiger partial charge in [0, 0.05) is 65.5 Å². The Bertz CT molecular complexity index is 3850. The Morgan fingerprint density at radius 2 is 0.586 bits per heavy atom. The Balaban J connectivity index is 1.27. The molecule has 0 unspecified atom stereocenters. The van der Waals surface area contributed by atoms with E-state index in [1.807, 2.05) is 86.5 Å². The van der Waals surface area contributed by atoms with E-state index in [4.69, 9.17) is 0 Å². The molecule has 6 heterocycles. The van der Waals surface area contributed by atoms with Crippen LogP contribution < -0.4 is 33.1 Å². The van der Waals surface area contributed by atoms with Gasteiger partial charge in [-0.25, -0.2) is 0 Å². The zero-order valence-corrected chi connectivity index (χ0v) is 30.5. The van der Waals surface area contributed by atoms with Gasteiger partial charge in [0.1, 0.15) is 0 Å². The standard InChI is InChI=1S/C51H24BN3O3/c56-49-34-16-13-25-7-1-4-10-28(25)40(34)31-19-22-37-43-46(31)53(49)38-23-20-32-41-29-11-5-2-9-27(29)15-18-36(41)51(58)55-39-24-21-33-42-30-12-6-3-8-26(30)14-17-35(42)50(57)54(37)48(33)45(39)52(43)44(38)47(32)55/h1-24H. The predicted octanol–water partition coefficient (Wildman–Crippen LogP) is 7.97. The molecule has 0 N–H and O–H groups in total. The topological polar surface area (TPSA) is 66.0 Å². The third kappa shape index (κ3) is 3.07. The van der Waals surface area contributed by atoms with Gasteiger partial charge in [-0.05, 0) is 85.1 Å². The van der Waals surface area contributed by atoms with E-state index in [9.17, 15) is 0 Å². The molecule has 0 atom stereocenters. The van der Waals surface area contributed by atoms with Crippen molar-refractivity contribution in [3.05, 3.63) is 177 Å². The molecule has 3 aromatic heterocycles. The molecule has 0 saturated heterocycles. The number of pyridine rings is 3. The summed E-state index contributed by atoms with van der Waals surface area (Å²) >= 11 is 0. The maximum absolute atomic E-state index is 15.3. The van der Waals surface area contributed by atoms with Crippen LogP contribution >= 0.6 is 0 Å². The van der Waals surface area contributed by atoms with E-state index >= 15 is 14.4 Å². The minimum absolute atomic E-state index is 0.122. The highest BCUT2D eigenvalue weighted by Crippen LogP contribution is 2.41. The lowest BCUT2D eigenvalue weighted by Crippen LogP contribution is -2.64. The summed E-state index contributed by atoms with van der Waals surface area (Å²) in [5.41, 5.74) is 7.13. The Hall–Kier alpha value is -7.77. The molecule has 0 spiro atoms. The third-order valence-electron chi connectivity index (χ3n) is 13.7. The van der Waals surface area contributed by atoms with Gasteiger partial charge in [0.2, 0.25) is 0 Å². The van der Waals surface area contributed by atoms with Gasteiger partial charge >= 0.3 is 0 Å². The van der Waals surface area contributed by atoms with Crippen LogP contribution in [-0.2, 0) is 0 Å². The monoisotopic (exact) mass is 737 g/mol. The average Bonchev–Trinajstić information content (AvgIpc) is 3.27. The Morgan fingerprint density at radius 1 is 0.293 bits per heavy atom. The lowest BCUT2D eigenvalue weighted by atomic mass is 9.32. The molecule has 264 valence electrons. The van der Waals surface area contributed by atoms with Gasteiger partial charge in [-0.1, -0.05) is 109 Å². The molecule has 3 aliphatic heterocycles. The van der Waals surface area contributed by atoms with Gasteiger partial charge in [-0.3, -0.25) is 28.1 Å². The lowest BCUT2D eigenvalue weighted by molar-refractivity contribution is 1.02. The zero-order chi connectivity index (χ0) is 37.9. The van der Waals surface area contributed by atoms with Crippen LogP contribution in [0.5, 0.6) is 0 Å². The molecule has 0 fully saturated rings. The van der Waals surface area contributed by atoms with Crippen molar-refractivity contribution in [1.29, 1.82) is 0 Å². The summed E-state index contributed by atoms with van der Waals surface area (Å²) in [6.07, 6.45) is 0. The minimum atomic E-state index is -0.360. The summed E-state index contributed by atoms with van der Waals surface area (Å²) in [6.45, 7) is -0.360. The van der Waals surface area contributed by atoms with Crippen LogP contribution in [0.2, 0.25) is 0 Å². The van der Waals surface area contributed by atoms with Crippen LogP contribution in [0.1, 0.15) is 0 Å². The second kappa shape index (κ2) is 9.60. The van der Waals surface area contributed by atoms with Crippen molar-refractivity contribution in [2.75, 3.05) is 0 Å².